The zero-order valence-corrected chi connectivity index (χ0v) is 23.3. The van der Waals surface area contributed by atoms with Crippen molar-refractivity contribution in [3.63, 3.8) is 0 Å². The van der Waals surface area contributed by atoms with Crippen LogP contribution in [-0.2, 0) is 35.5 Å². The average molecular weight is 539 g/mol. The zero-order valence-electron chi connectivity index (χ0n) is 23.3. The molecule has 0 spiro atoms. The highest BCUT2D eigenvalue weighted by Gasteiger charge is 2.37. The minimum absolute atomic E-state index is 0.0551. The Morgan fingerprint density at radius 3 is 1.57 bits per heavy atom. The Balaban J connectivity index is 1.04. The smallest absolute Gasteiger partial charge is 0.237 e. The SMILES string of the molecule is CN1Cc2[nH]c3ccccc3c2C[C@H]1C(=O)N[C@@H]1CCCC[C@H]1NC(=O)[C@@H]1Cc2c([nH]c3ccccc23)CN1C. The van der Waals surface area contributed by atoms with Crippen molar-refractivity contribution in [3.8, 4) is 0 Å². The van der Waals surface area contributed by atoms with Gasteiger partial charge in [-0.3, -0.25) is 19.4 Å². The average Bonchev–Trinajstić information content (AvgIpc) is 3.49. The van der Waals surface area contributed by atoms with Crippen LogP contribution >= 0.6 is 0 Å². The fraction of sp³-hybridized carbons (Fsp3) is 0.438. The van der Waals surface area contributed by atoms with Crippen LogP contribution in [0.2, 0.25) is 0 Å². The van der Waals surface area contributed by atoms with Crippen LogP contribution in [0.25, 0.3) is 21.8 Å². The summed E-state index contributed by atoms with van der Waals surface area (Å²) in [5, 5.41) is 9.16. The minimum atomic E-state index is -0.227. The number of H-pyrrole nitrogens is 2. The van der Waals surface area contributed by atoms with Crippen molar-refractivity contribution < 1.29 is 9.59 Å². The second kappa shape index (κ2) is 10.1. The molecule has 40 heavy (non-hydrogen) atoms. The molecule has 1 aliphatic carbocycles. The summed E-state index contributed by atoms with van der Waals surface area (Å²) < 4.78 is 0. The molecule has 4 heterocycles. The van der Waals surface area contributed by atoms with Crippen LogP contribution in [0.15, 0.2) is 48.5 Å². The second-order valence-corrected chi connectivity index (χ2v) is 12.0. The lowest BCUT2D eigenvalue weighted by atomic mass is 9.88. The van der Waals surface area contributed by atoms with Crippen molar-refractivity contribution in [2.24, 2.45) is 0 Å². The van der Waals surface area contributed by atoms with E-state index in [1.54, 1.807) is 0 Å². The van der Waals surface area contributed by atoms with E-state index >= 15 is 0 Å². The van der Waals surface area contributed by atoms with Crippen molar-refractivity contribution in [1.82, 2.24) is 30.4 Å². The van der Waals surface area contributed by atoms with Crippen molar-refractivity contribution in [3.05, 3.63) is 71.0 Å². The van der Waals surface area contributed by atoms with Crippen molar-refractivity contribution in [2.45, 2.75) is 75.8 Å². The molecule has 4 atom stereocenters. The fourth-order valence-corrected chi connectivity index (χ4v) is 7.29. The number of aromatic amines is 2. The Labute approximate surface area is 234 Å². The summed E-state index contributed by atoms with van der Waals surface area (Å²) in [6.07, 6.45) is 5.27. The summed E-state index contributed by atoms with van der Waals surface area (Å²) in [7, 11) is 4.05. The predicted octanol–water partition coefficient (Wildman–Crippen LogP) is 3.61. The normalized spacial score (nSPS) is 25.4. The van der Waals surface area contributed by atoms with Crippen LogP contribution in [0.4, 0.5) is 0 Å². The molecule has 8 heteroatoms. The van der Waals surface area contributed by atoms with Crippen molar-refractivity contribution >= 4 is 33.6 Å². The molecule has 0 radical (unpaired) electrons. The van der Waals surface area contributed by atoms with Crippen LogP contribution in [-0.4, -0.2) is 69.8 Å². The van der Waals surface area contributed by atoms with Crippen LogP contribution < -0.4 is 10.6 Å². The third kappa shape index (κ3) is 4.39. The zero-order chi connectivity index (χ0) is 27.4. The number of aromatic nitrogens is 2. The summed E-state index contributed by atoms with van der Waals surface area (Å²) in [6, 6.07) is 16.1. The highest BCUT2D eigenvalue weighted by molar-refractivity contribution is 5.89. The number of fused-ring (bicyclic) bond motifs is 6. The number of benzene rings is 2. The molecule has 0 unspecified atom stereocenters. The maximum atomic E-state index is 13.7. The topological polar surface area (TPSA) is 96.3 Å². The van der Waals surface area contributed by atoms with Gasteiger partial charge in [-0.05, 0) is 63.0 Å². The summed E-state index contributed by atoms with van der Waals surface area (Å²) in [4.78, 5) is 38.7. The molecule has 2 aliphatic heterocycles. The Morgan fingerprint density at radius 1 is 0.700 bits per heavy atom. The molecule has 2 aromatic carbocycles. The number of carbonyl (C=O) groups is 2. The van der Waals surface area contributed by atoms with Gasteiger partial charge < -0.3 is 20.6 Å². The number of hydrogen-bond acceptors (Lipinski definition) is 4. The van der Waals surface area contributed by atoms with Crippen LogP contribution in [0.3, 0.4) is 0 Å². The van der Waals surface area contributed by atoms with Crippen LogP contribution in [0, 0.1) is 0 Å². The number of nitrogens with one attached hydrogen (secondary N) is 4. The number of likely N-dealkylation sites (N-methyl/N-ethyl adjacent to an activating group) is 2. The van der Waals surface area contributed by atoms with Gasteiger partial charge in [0.1, 0.15) is 0 Å². The van der Waals surface area contributed by atoms with Gasteiger partial charge in [0.25, 0.3) is 0 Å². The Kier molecular flexibility index (Phi) is 6.40. The molecule has 2 aromatic heterocycles. The molecule has 7 rings (SSSR count). The lowest BCUT2D eigenvalue weighted by molar-refractivity contribution is -0.130. The van der Waals surface area contributed by atoms with Crippen LogP contribution in [0.1, 0.15) is 48.2 Å². The highest BCUT2D eigenvalue weighted by Crippen LogP contribution is 2.31. The first-order valence-electron chi connectivity index (χ1n) is 14.6. The lowest BCUT2D eigenvalue weighted by Crippen LogP contribution is -2.60. The summed E-state index contributed by atoms with van der Waals surface area (Å²) >= 11 is 0. The monoisotopic (exact) mass is 538 g/mol. The molecule has 4 aromatic rings. The summed E-state index contributed by atoms with van der Waals surface area (Å²) in [5.74, 6) is 0.116. The maximum absolute atomic E-state index is 13.7. The van der Waals surface area contributed by atoms with E-state index in [0.717, 1.165) is 49.8 Å². The van der Waals surface area contributed by atoms with Crippen molar-refractivity contribution in [1.29, 1.82) is 0 Å². The molecule has 1 fully saturated rings. The van der Waals surface area contributed by atoms with Gasteiger partial charge in [0.05, 0.1) is 12.1 Å². The Hall–Kier alpha value is -3.62. The van der Waals surface area contributed by atoms with Gasteiger partial charge in [-0.1, -0.05) is 49.2 Å². The van der Waals surface area contributed by atoms with E-state index in [1.165, 1.54) is 33.3 Å². The molecular formula is C32H38N6O2. The molecule has 8 nitrogen and oxygen atoms in total. The molecule has 208 valence electrons. The largest absolute Gasteiger partial charge is 0.357 e. The molecule has 3 aliphatic rings. The highest BCUT2D eigenvalue weighted by atomic mass is 16.2. The van der Waals surface area contributed by atoms with Gasteiger partial charge >= 0.3 is 0 Å². The predicted molar refractivity (Wildman–Crippen MR) is 157 cm³/mol. The fourth-order valence-electron chi connectivity index (χ4n) is 7.29. The van der Waals surface area contributed by atoms with Gasteiger partial charge in [-0.2, -0.15) is 0 Å². The van der Waals surface area contributed by atoms with Gasteiger partial charge in [0, 0.05) is 58.4 Å². The molecule has 0 saturated heterocycles. The van der Waals surface area contributed by atoms with E-state index in [9.17, 15) is 9.59 Å². The van der Waals surface area contributed by atoms with E-state index in [-0.39, 0.29) is 36.0 Å². The first-order valence-corrected chi connectivity index (χ1v) is 14.6. The number of rotatable bonds is 4. The second-order valence-electron chi connectivity index (χ2n) is 12.0. The van der Waals surface area contributed by atoms with Gasteiger partial charge in [0.15, 0.2) is 0 Å². The van der Waals surface area contributed by atoms with E-state index in [2.05, 4.69) is 66.8 Å². The van der Waals surface area contributed by atoms with E-state index < -0.39 is 0 Å². The van der Waals surface area contributed by atoms with Crippen LogP contribution in [0.5, 0.6) is 0 Å². The van der Waals surface area contributed by atoms with Gasteiger partial charge in [-0.25, -0.2) is 0 Å². The number of nitrogens with zero attached hydrogens (tertiary/aromatic N) is 2. The first kappa shape index (κ1) is 25.4. The van der Waals surface area contributed by atoms with Gasteiger partial charge in [-0.15, -0.1) is 0 Å². The Morgan fingerprint density at radius 2 is 1.12 bits per heavy atom. The number of para-hydroxylation sites is 2. The quantitative estimate of drug-likeness (QED) is 0.319. The molecular weight excluding hydrogens is 500 g/mol. The summed E-state index contributed by atoms with van der Waals surface area (Å²) in [5.41, 5.74) is 7.16. The molecule has 1 saturated carbocycles. The molecule has 0 bridgehead atoms. The summed E-state index contributed by atoms with van der Waals surface area (Å²) in [6.45, 7) is 1.44. The standard InChI is InChI=1S/C32H38N6O2/c1-37-17-27-21(19-9-3-5-11-23(19)33-27)15-29(37)31(39)35-25-13-7-8-14-26(25)36-32(40)30-16-22-20-10-4-6-12-24(20)34-28(22)18-38(30)2/h3-6,9-12,25-26,29-30,33-34H,7-8,13-18H2,1-2H3,(H,35,39)(H,36,40)/t25-,26-,29+,30+/m1/s1. The van der Waals surface area contributed by atoms with Crippen molar-refractivity contribution in [2.75, 3.05) is 14.1 Å². The minimum Gasteiger partial charge on any atom is -0.357 e. The van der Waals surface area contributed by atoms with E-state index in [0.29, 0.717) is 12.8 Å². The molecule has 2 amide bonds. The maximum Gasteiger partial charge on any atom is 0.237 e. The third-order valence-electron chi connectivity index (χ3n) is 9.50. The van der Waals surface area contributed by atoms with E-state index in [1.807, 2.05) is 26.2 Å². The Bertz CT molecular complexity index is 1470. The third-order valence-corrected chi connectivity index (χ3v) is 9.50. The van der Waals surface area contributed by atoms with Gasteiger partial charge in [0.2, 0.25) is 11.8 Å². The first-order chi connectivity index (χ1) is 19.5. The number of amides is 2. The lowest BCUT2D eigenvalue weighted by Gasteiger charge is -2.38. The molecule has 4 N–H and O–H groups in total. The van der Waals surface area contributed by atoms with E-state index in [4.69, 9.17) is 0 Å². The number of hydrogen-bond donors (Lipinski definition) is 4. The number of carbonyl (C=O) groups excluding carboxylic acids is 2.